The zero-order valence-electron chi connectivity index (χ0n) is 23.0. The molecule has 0 saturated carbocycles. The van der Waals surface area contributed by atoms with Crippen molar-refractivity contribution < 1.29 is 14.3 Å². The number of nitriles is 1. The van der Waals surface area contributed by atoms with Crippen LogP contribution in [0.15, 0.2) is 36.5 Å². The number of aromatic nitrogens is 4. The Labute approximate surface area is 241 Å². The van der Waals surface area contributed by atoms with Gasteiger partial charge in [0.15, 0.2) is 5.82 Å². The molecule has 2 saturated heterocycles. The highest BCUT2D eigenvalue weighted by Crippen LogP contribution is 2.35. The van der Waals surface area contributed by atoms with Crippen LogP contribution in [0.1, 0.15) is 42.5 Å². The molecule has 1 N–H and O–H groups in total. The van der Waals surface area contributed by atoms with Gasteiger partial charge in [0.1, 0.15) is 17.3 Å². The maximum absolute atomic E-state index is 13.7. The summed E-state index contributed by atoms with van der Waals surface area (Å²) >= 11 is 1.22. The molecule has 6 rings (SSSR count). The van der Waals surface area contributed by atoms with Crippen LogP contribution in [0.4, 0.5) is 15.3 Å². The first-order chi connectivity index (χ1) is 19.8. The fourth-order valence-electron chi connectivity index (χ4n) is 5.66. The van der Waals surface area contributed by atoms with Crippen molar-refractivity contribution in [2.75, 3.05) is 44.7 Å². The molecule has 2 aliphatic heterocycles. The van der Waals surface area contributed by atoms with Crippen LogP contribution < -0.4 is 4.90 Å². The number of aliphatic hydroxyl groups is 1. The maximum Gasteiger partial charge on any atom is 0.236 e. The Kier molecular flexibility index (Phi) is 7.42. The van der Waals surface area contributed by atoms with Crippen molar-refractivity contribution in [3.05, 3.63) is 59.2 Å². The number of carbonyl (C=O) groups is 1. The van der Waals surface area contributed by atoms with E-state index in [2.05, 4.69) is 38.9 Å². The van der Waals surface area contributed by atoms with E-state index in [0.717, 1.165) is 49.5 Å². The molecule has 12 heteroatoms. The summed E-state index contributed by atoms with van der Waals surface area (Å²) in [6.07, 6.45) is 4.44. The summed E-state index contributed by atoms with van der Waals surface area (Å²) in [4.78, 5) is 27.9. The zero-order valence-corrected chi connectivity index (χ0v) is 23.8. The maximum atomic E-state index is 13.7. The van der Waals surface area contributed by atoms with Crippen LogP contribution in [0.25, 0.3) is 17.0 Å². The number of halogens is 1. The second-order valence-corrected chi connectivity index (χ2v) is 11.4. The van der Waals surface area contributed by atoms with Gasteiger partial charge < -0.3 is 14.9 Å². The number of rotatable bonds is 7. The van der Waals surface area contributed by atoms with Crippen molar-refractivity contribution in [1.82, 2.24) is 28.5 Å². The van der Waals surface area contributed by atoms with Gasteiger partial charge in [-0.25, -0.2) is 9.37 Å². The van der Waals surface area contributed by atoms with Gasteiger partial charge in [0, 0.05) is 43.4 Å². The number of piperidine rings is 1. The highest BCUT2D eigenvalue weighted by atomic mass is 32.1. The minimum atomic E-state index is -0.474. The SMILES string of the molecule is CCc1nc2ccc(C3CCN(CC(=O)N4CC(O)C4)CC3)cn2c1N(C)c1nc(-c2ccc(F)cc2C#N)ns1. The fraction of sp³-hybridized carbons (Fsp3) is 0.414. The molecular formula is C29H31FN8O2S. The van der Waals surface area contributed by atoms with Gasteiger partial charge >= 0.3 is 0 Å². The van der Waals surface area contributed by atoms with Crippen molar-refractivity contribution in [3.63, 3.8) is 0 Å². The van der Waals surface area contributed by atoms with Gasteiger partial charge in [-0.2, -0.15) is 14.6 Å². The molecule has 0 atom stereocenters. The Bertz CT molecular complexity index is 1630. The molecule has 0 spiro atoms. The molecule has 1 amide bonds. The summed E-state index contributed by atoms with van der Waals surface area (Å²) in [5, 5.41) is 19.6. The minimum absolute atomic E-state index is 0.0940. The first-order valence-electron chi connectivity index (χ1n) is 13.8. The zero-order chi connectivity index (χ0) is 28.7. The topological polar surface area (TPSA) is 114 Å². The molecule has 5 heterocycles. The number of β-amino-alcohol motifs (C(OH)–C–C–N with tert-alkyl or cyclic N) is 1. The molecule has 3 aromatic heterocycles. The van der Waals surface area contributed by atoms with Crippen LogP contribution in [-0.2, 0) is 11.2 Å². The molecule has 10 nitrogen and oxygen atoms in total. The van der Waals surface area contributed by atoms with Gasteiger partial charge in [0.05, 0.1) is 30.0 Å². The van der Waals surface area contributed by atoms with E-state index in [1.54, 1.807) is 4.90 Å². The number of likely N-dealkylation sites (tertiary alicyclic amines) is 2. The van der Waals surface area contributed by atoms with E-state index in [0.29, 0.717) is 42.1 Å². The highest BCUT2D eigenvalue weighted by Gasteiger charge is 2.31. The molecule has 212 valence electrons. The average Bonchev–Trinajstić information content (AvgIpc) is 3.60. The van der Waals surface area contributed by atoms with Gasteiger partial charge in [-0.15, -0.1) is 0 Å². The lowest BCUT2D eigenvalue weighted by atomic mass is 9.90. The van der Waals surface area contributed by atoms with Crippen LogP contribution in [-0.4, -0.2) is 85.4 Å². The smallest absolute Gasteiger partial charge is 0.236 e. The van der Waals surface area contributed by atoms with Crippen LogP contribution in [0.2, 0.25) is 0 Å². The van der Waals surface area contributed by atoms with E-state index in [9.17, 15) is 19.6 Å². The summed E-state index contributed by atoms with van der Waals surface area (Å²) in [5.41, 5.74) is 3.71. The number of nitrogens with zero attached hydrogens (tertiary/aromatic N) is 8. The van der Waals surface area contributed by atoms with E-state index in [-0.39, 0.29) is 17.6 Å². The molecule has 41 heavy (non-hydrogen) atoms. The predicted octanol–water partition coefficient (Wildman–Crippen LogP) is 3.58. The van der Waals surface area contributed by atoms with Gasteiger partial charge in [0.2, 0.25) is 11.0 Å². The standard InChI is InChI=1S/C29H31FN8O2S/c1-3-24-28(35(2)29-33-27(34-41-29)23-6-5-21(30)12-20(23)13-31)38-14-19(4-7-25(38)32-24)18-8-10-36(11-9-18)17-26(40)37-15-22(39)16-37/h4-7,12,14,18,22,39H,3,8-11,15-17H2,1-2H3. The minimum Gasteiger partial charge on any atom is -0.389 e. The first kappa shape index (κ1) is 27.3. The van der Waals surface area contributed by atoms with Crippen molar-refractivity contribution in [2.45, 2.75) is 38.2 Å². The Morgan fingerprint density at radius 1 is 1.22 bits per heavy atom. The highest BCUT2D eigenvalue weighted by molar-refractivity contribution is 7.10. The Morgan fingerprint density at radius 3 is 2.71 bits per heavy atom. The number of imidazole rings is 1. The fourth-order valence-corrected chi connectivity index (χ4v) is 6.31. The second-order valence-electron chi connectivity index (χ2n) is 10.7. The van der Waals surface area contributed by atoms with Crippen molar-refractivity contribution in [3.8, 4) is 17.5 Å². The number of fused-ring (bicyclic) bond motifs is 1. The number of anilines is 2. The van der Waals surface area contributed by atoms with Crippen LogP contribution >= 0.6 is 11.5 Å². The lowest BCUT2D eigenvalue weighted by Crippen LogP contribution is -2.56. The Morgan fingerprint density at radius 2 is 2.00 bits per heavy atom. The van der Waals surface area contributed by atoms with Gasteiger partial charge in [-0.1, -0.05) is 13.0 Å². The summed E-state index contributed by atoms with van der Waals surface area (Å²) in [5.74, 6) is 1.29. The van der Waals surface area contributed by atoms with E-state index in [4.69, 9.17) is 9.97 Å². The van der Waals surface area contributed by atoms with Gasteiger partial charge in [0.25, 0.3) is 0 Å². The molecule has 0 bridgehead atoms. The number of hydrogen-bond donors (Lipinski definition) is 1. The van der Waals surface area contributed by atoms with E-state index < -0.39 is 5.82 Å². The van der Waals surface area contributed by atoms with E-state index >= 15 is 0 Å². The number of benzene rings is 1. The van der Waals surface area contributed by atoms with Crippen molar-refractivity contribution >= 4 is 34.0 Å². The number of aryl methyl sites for hydroxylation is 1. The third-order valence-electron chi connectivity index (χ3n) is 8.02. The van der Waals surface area contributed by atoms with Crippen molar-refractivity contribution in [1.29, 1.82) is 5.26 Å². The summed E-state index contributed by atoms with van der Waals surface area (Å²) in [7, 11) is 1.93. The lowest BCUT2D eigenvalue weighted by Gasteiger charge is -2.38. The Hall–Kier alpha value is -3.92. The lowest BCUT2D eigenvalue weighted by molar-refractivity contribution is -0.142. The number of aliphatic hydroxyl groups excluding tert-OH is 1. The molecule has 1 aromatic carbocycles. The molecular weight excluding hydrogens is 543 g/mol. The largest absolute Gasteiger partial charge is 0.389 e. The molecule has 0 aliphatic carbocycles. The van der Waals surface area contributed by atoms with E-state index in [1.165, 1.54) is 35.3 Å². The number of pyridine rings is 1. The quantitative estimate of drug-likeness (QED) is 0.356. The third kappa shape index (κ3) is 5.28. The normalized spacial score (nSPS) is 16.6. The van der Waals surface area contributed by atoms with Crippen LogP contribution in [0.3, 0.4) is 0 Å². The van der Waals surface area contributed by atoms with Crippen molar-refractivity contribution in [2.24, 2.45) is 0 Å². The predicted molar refractivity (Wildman–Crippen MR) is 154 cm³/mol. The summed E-state index contributed by atoms with van der Waals surface area (Å²) in [6.45, 7) is 5.07. The third-order valence-corrected chi connectivity index (χ3v) is 8.81. The molecule has 2 aliphatic rings. The monoisotopic (exact) mass is 574 g/mol. The van der Waals surface area contributed by atoms with Crippen LogP contribution in [0.5, 0.6) is 0 Å². The first-order valence-corrected chi connectivity index (χ1v) is 14.6. The molecule has 0 unspecified atom stereocenters. The van der Waals surface area contributed by atoms with Crippen LogP contribution in [0, 0.1) is 17.1 Å². The molecule has 4 aromatic rings. The molecule has 0 radical (unpaired) electrons. The van der Waals surface area contributed by atoms with Gasteiger partial charge in [-0.3, -0.25) is 14.1 Å². The number of carbonyl (C=O) groups excluding carboxylic acids is 1. The number of hydrogen-bond acceptors (Lipinski definition) is 9. The summed E-state index contributed by atoms with van der Waals surface area (Å²) < 4.78 is 20.2. The Balaban J connectivity index is 1.22. The molecule has 2 fully saturated rings. The van der Waals surface area contributed by atoms with Gasteiger partial charge in [-0.05, 0) is 68.1 Å². The number of amides is 1. The average molecular weight is 575 g/mol. The summed E-state index contributed by atoms with van der Waals surface area (Å²) in [6, 6.07) is 10.3. The van der Waals surface area contributed by atoms with E-state index in [1.807, 2.05) is 18.0 Å². The second kappa shape index (κ2) is 11.2.